The number of thioether (sulfide) groups is 1. The molecule has 1 amide bonds. The van der Waals surface area contributed by atoms with Gasteiger partial charge in [0.05, 0.1) is 28.3 Å². The van der Waals surface area contributed by atoms with Crippen LogP contribution in [0.1, 0.15) is 5.56 Å². The molecule has 0 radical (unpaired) electrons. The van der Waals surface area contributed by atoms with Gasteiger partial charge in [0.25, 0.3) is 0 Å². The monoisotopic (exact) mass is 413 g/mol. The minimum atomic E-state index is -4.52. The highest BCUT2D eigenvalue weighted by molar-refractivity contribution is 7.99. The zero-order valence-corrected chi connectivity index (χ0v) is 15.0. The van der Waals surface area contributed by atoms with E-state index in [2.05, 4.69) is 15.5 Å². The highest BCUT2D eigenvalue weighted by Gasteiger charge is 2.31. The largest absolute Gasteiger partial charge is 0.463 e. The molecule has 0 aliphatic heterocycles. The molecule has 0 atom stereocenters. The summed E-state index contributed by atoms with van der Waals surface area (Å²) in [5.74, 6) is -0.0180. The lowest BCUT2D eigenvalue weighted by molar-refractivity contribution is -0.137. The molecule has 1 N–H and O–H groups in total. The quantitative estimate of drug-likeness (QED) is 0.586. The van der Waals surface area contributed by atoms with Crippen molar-refractivity contribution < 1.29 is 22.4 Å². The first kappa shape index (κ1) is 19.2. The Morgan fingerprint density at radius 2 is 2.00 bits per heavy atom. The van der Waals surface area contributed by atoms with Gasteiger partial charge in [0.1, 0.15) is 10.7 Å². The zero-order chi connectivity index (χ0) is 19.4. The third-order valence-corrected chi connectivity index (χ3v) is 4.58. The van der Waals surface area contributed by atoms with Gasteiger partial charge >= 0.3 is 6.18 Å². The molecule has 0 aliphatic carbocycles. The number of alkyl halides is 3. The van der Waals surface area contributed by atoms with Gasteiger partial charge < -0.3 is 9.73 Å². The molecule has 0 fully saturated rings. The third-order valence-electron chi connectivity index (χ3n) is 3.33. The first-order valence-electron chi connectivity index (χ1n) is 7.50. The van der Waals surface area contributed by atoms with Crippen molar-refractivity contribution in [3.63, 3.8) is 0 Å². The Bertz CT molecular complexity index is 932. The van der Waals surface area contributed by atoms with Crippen LogP contribution in [0.15, 0.2) is 58.2 Å². The van der Waals surface area contributed by atoms with Crippen LogP contribution in [0.5, 0.6) is 0 Å². The molecule has 2 aromatic heterocycles. The maximum atomic E-state index is 12.8. The van der Waals surface area contributed by atoms with Crippen molar-refractivity contribution in [2.24, 2.45) is 0 Å². The number of hydrogen-bond donors (Lipinski definition) is 1. The maximum absolute atomic E-state index is 12.8. The number of nitrogens with one attached hydrogen (secondary N) is 1. The highest BCUT2D eigenvalue weighted by atomic mass is 35.5. The van der Waals surface area contributed by atoms with Gasteiger partial charge in [-0.05, 0) is 42.5 Å². The van der Waals surface area contributed by atoms with Crippen LogP contribution in [0.4, 0.5) is 18.9 Å². The molecule has 0 spiro atoms. The molecule has 0 saturated heterocycles. The molecule has 140 valence electrons. The Morgan fingerprint density at radius 1 is 1.19 bits per heavy atom. The molecule has 0 bridgehead atoms. The Morgan fingerprint density at radius 3 is 2.63 bits per heavy atom. The molecular formula is C17H11ClF3N3O2S. The first-order chi connectivity index (χ1) is 12.8. The topological polar surface area (TPSA) is 68.0 Å². The van der Waals surface area contributed by atoms with E-state index < -0.39 is 17.6 Å². The van der Waals surface area contributed by atoms with Gasteiger partial charge in [-0.15, -0.1) is 10.2 Å². The van der Waals surface area contributed by atoms with Crippen LogP contribution < -0.4 is 5.32 Å². The predicted octanol–water partition coefficient (Wildman–Crippen LogP) is 5.14. The highest BCUT2D eigenvalue weighted by Crippen LogP contribution is 2.34. The fourth-order valence-electron chi connectivity index (χ4n) is 2.08. The summed E-state index contributed by atoms with van der Waals surface area (Å²) in [5, 5.41) is 10.8. The number of furan rings is 1. The number of carbonyl (C=O) groups excluding carboxylic acids is 1. The molecular weight excluding hydrogens is 403 g/mol. The molecule has 10 heteroatoms. The van der Waals surface area contributed by atoms with Crippen molar-refractivity contribution in [2.75, 3.05) is 11.1 Å². The lowest BCUT2D eigenvalue weighted by atomic mass is 10.2. The van der Waals surface area contributed by atoms with E-state index >= 15 is 0 Å². The number of amides is 1. The molecule has 0 saturated carbocycles. The van der Waals surface area contributed by atoms with E-state index in [1.165, 1.54) is 6.26 Å². The number of carbonyl (C=O) groups is 1. The van der Waals surface area contributed by atoms with E-state index in [-0.39, 0.29) is 16.5 Å². The number of aromatic nitrogens is 2. The van der Waals surface area contributed by atoms with Gasteiger partial charge in [-0.1, -0.05) is 23.4 Å². The smallest absolute Gasteiger partial charge is 0.416 e. The van der Waals surface area contributed by atoms with E-state index in [4.69, 9.17) is 16.0 Å². The zero-order valence-electron chi connectivity index (χ0n) is 13.5. The van der Waals surface area contributed by atoms with E-state index in [0.717, 1.165) is 30.0 Å². The van der Waals surface area contributed by atoms with Crippen LogP contribution in [0.3, 0.4) is 0 Å². The van der Waals surface area contributed by atoms with Crippen LogP contribution in [0.25, 0.3) is 11.5 Å². The Kier molecular flexibility index (Phi) is 5.71. The van der Waals surface area contributed by atoms with E-state index in [1.54, 1.807) is 24.3 Å². The summed E-state index contributed by atoms with van der Waals surface area (Å²) in [4.78, 5) is 12.0. The summed E-state index contributed by atoms with van der Waals surface area (Å²) in [6, 6.07) is 9.56. The van der Waals surface area contributed by atoms with Crippen LogP contribution in [-0.2, 0) is 11.0 Å². The Labute approximate surface area is 160 Å². The number of benzene rings is 1. The number of rotatable bonds is 5. The van der Waals surface area contributed by atoms with Crippen LogP contribution in [0, 0.1) is 0 Å². The average molecular weight is 414 g/mol. The molecule has 27 heavy (non-hydrogen) atoms. The van der Waals surface area contributed by atoms with E-state index in [9.17, 15) is 18.0 Å². The minimum Gasteiger partial charge on any atom is -0.463 e. The Balaban J connectivity index is 1.60. The van der Waals surface area contributed by atoms with Gasteiger partial charge in [0.15, 0.2) is 5.76 Å². The molecule has 2 heterocycles. The summed E-state index contributed by atoms with van der Waals surface area (Å²) in [6.07, 6.45) is -3.01. The van der Waals surface area contributed by atoms with Crippen molar-refractivity contribution in [3.05, 3.63) is 59.3 Å². The number of anilines is 1. The third kappa shape index (κ3) is 5.01. The minimum absolute atomic E-state index is 0.0175. The fraction of sp³-hybridized carbons (Fsp3) is 0.118. The van der Waals surface area contributed by atoms with Crippen molar-refractivity contribution in [3.8, 4) is 11.5 Å². The summed E-state index contributed by atoms with van der Waals surface area (Å²) in [5.41, 5.74) is -0.449. The summed E-state index contributed by atoms with van der Waals surface area (Å²) >= 11 is 6.94. The number of halogens is 4. The summed E-state index contributed by atoms with van der Waals surface area (Å²) < 4.78 is 43.5. The SMILES string of the molecule is O=C(CSc1ccc(-c2ccco2)nn1)Nc1cc(C(F)(F)F)ccc1Cl. The predicted molar refractivity (Wildman–Crippen MR) is 95.5 cm³/mol. The second kappa shape index (κ2) is 8.01. The molecule has 3 rings (SSSR count). The molecule has 1 aromatic carbocycles. The maximum Gasteiger partial charge on any atom is 0.416 e. The van der Waals surface area contributed by atoms with E-state index in [0.29, 0.717) is 16.5 Å². The lowest BCUT2D eigenvalue weighted by Crippen LogP contribution is -2.15. The number of hydrogen-bond acceptors (Lipinski definition) is 5. The molecule has 3 aromatic rings. The molecule has 0 aliphatic rings. The lowest BCUT2D eigenvalue weighted by Gasteiger charge is -2.11. The van der Waals surface area contributed by atoms with Gasteiger partial charge in [-0.25, -0.2) is 0 Å². The van der Waals surface area contributed by atoms with Gasteiger partial charge in [0, 0.05) is 0 Å². The molecule has 0 unspecified atom stereocenters. The second-order valence-electron chi connectivity index (χ2n) is 5.26. The standard InChI is InChI=1S/C17H11ClF3N3O2S/c18-11-4-3-10(17(19,20)21)8-13(11)22-15(25)9-27-16-6-5-12(23-24-16)14-2-1-7-26-14/h1-8H,9H2,(H,22,25). The van der Waals surface area contributed by atoms with E-state index in [1.807, 2.05) is 0 Å². The summed E-state index contributed by atoms with van der Waals surface area (Å²) in [7, 11) is 0. The van der Waals surface area contributed by atoms with Crippen molar-refractivity contribution in [1.82, 2.24) is 10.2 Å². The van der Waals surface area contributed by atoms with Gasteiger partial charge in [-0.3, -0.25) is 4.79 Å². The fourth-order valence-corrected chi connectivity index (χ4v) is 2.85. The Hall–Kier alpha value is -2.52. The van der Waals surface area contributed by atoms with Crippen molar-refractivity contribution >= 4 is 35.0 Å². The summed E-state index contributed by atoms with van der Waals surface area (Å²) in [6.45, 7) is 0. The van der Waals surface area contributed by atoms with Crippen molar-refractivity contribution in [2.45, 2.75) is 11.2 Å². The van der Waals surface area contributed by atoms with Gasteiger partial charge in [-0.2, -0.15) is 13.2 Å². The molecule has 5 nitrogen and oxygen atoms in total. The van der Waals surface area contributed by atoms with Crippen LogP contribution in [0.2, 0.25) is 5.02 Å². The van der Waals surface area contributed by atoms with Crippen LogP contribution in [-0.4, -0.2) is 21.9 Å². The second-order valence-corrected chi connectivity index (χ2v) is 6.67. The van der Waals surface area contributed by atoms with Crippen LogP contribution >= 0.6 is 23.4 Å². The normalized spacial score (nSPS) is 11.4. The average Bonchev–Trinajstić information content (AvgIpc) is 3.16. The van der Waals surface area contributed by atoms with Crippen molar-refractivity contribution in [1.29, 1.82) is 0 Å². The first-order valence-corrected chi connectivity index (χ1v) is 8.86. The van der Waals surface area contributed by atoms with Gasteiger partial charge in [0.2, 0.25) is 5.91 Å². The number of nitrogens with zero attached hydrogens (tertiary/aromatic N) is 2.